The van der Waals surface area contributed by atoms with Crippen LogP contribution in [0.3, 0.4) is 0 Å². The molecule has 1 N–H and O–H groups in total. The van der Waals surface area contributed by atoms with Gasteiger partial charge in [0.15, 0.2) is 0 Å². The van der Waals surface area contributed by atoms with Crippen LogP contribution in [0.2, 0.25) is 0 Å². The van der Waals surface area contributed by atoms with Crippen LogP contribution in [0.5, 0.6) is 5.75 Å². The second kappa shape index (κ2) is 7.41. The summed E-state index contributed by atoms with van der Waals surface area (Å²) in [6.45, 7) is 6.12. The Morgan fingerprint density at radius 2 is 2.10 bits per heavy atom. The molecule has 0 radical (unpaired) electrons. The van der Waals surface area contributed by atoms with Crippen molar-refractivity contribution in [3.05, 3.63) is 45.9 Å². The molecule has 0 atom stereocenters. The molecule has 2 aromatic rings. The van der Waals surface area contributed by atoms with Gasteiger partial charge in [-0.3, -0.25) is 0 Å². The second-order valence-electron chi connectivity index (χ2n) is 5.06. The molecule has 0 fully saturated rings. The summed E-state index contributed by atoms with van der Waals surface area (Å²) in [5.74, 6) is 1.46. The number of benzene rings is 1. The number of aromatic nitrogens is 1. The van der Waals surface area contributed by atoms with Crippen molar-refractivity contribution in [1.82, 2.24) is 10.3 Å². The predicted octanol–water partition coefficient (Wildman–Crippen LogP) is 3.61. The quantitative estimate of drug-likeness (QED) is 0.791. The Morgan fingerprint density at radius 1 is 1.30 bits per heavy atom. The Hall–Kier alpha value is -1.39. The minimum absolute atomic E-state index is 0.515. The monoisotopic (exact) mass is 290 g/mol. The molecule has 0 amide bonds. The van der Waals surface area contributed by atoms with Crippen molar-refractivity contribution in [2.75, 3.05) is 13.7 Å². The summed E-state index contributed by atoms with van der Waals surface area (Å²) in [5, 5.41) is 6.83. The van der Waals surface area contributed by atoms with Crippen LogP contribution in [0.4, 0.5) is 0 Å². The third-order valence-corrected chi connectivity index (χ3v) is 4.11. The van der Waals surface area contributed by atoms with Gasteiger partial charge in [0, 0.05) is 30.5 Å². The first-order chi connectivity index (χ1) is 9.70. The molecular formula is C16H22N2OS. The summed E-state index contributed by atoms with van der Waals surface area (Å²) in [7, 11) is 1.71. The first-order valence-corrected chi connectivity index (χ1v) is 7.85. The number of hydrogen-bond acceptors (Lipinski definition) is 4. The van der Waals surface area contributed by atoms with Crippen LogP contribution in [0.15, 0.2) is 29.6 Å². The van der Waals surface area contributed by atoms with Crippen LogP contribution in [-0.4, -0.2) is 18.6 Å². The Kier molecular flexibility index (Phi) is 5.56. The van der Waals surface area contributed by atoms with E-state index in [1.165, 1.54) is 16.3 Å². The van der Waals surface area contributed by atoms with E-state index in [4.69, 9.17) is 4.74 Å². The number of rotatable bonds is 7. The van der Waals surface area contributed by atoms with Crippen molar-refractivity contribution in [1.29, 1.82) is 0 Å². The van der Waals surface area contributed by atoms with Gasteiger partial charge in [-0.1, -0.05) is 32.0 Å². The highest BCUT2D eigenvalue weighted by Gasteiger charge is 2.05. The number of ether oxygens (including phenoxy) is 1. The molecule has 1 aromatic heterocycles. The molecule has 0 spiro atoms. The topological polar surface area (TPSA) is 34.1 Å². The largest absolute Gasteiger partial charge is 0.496 e. The van der Waals surface area contributed by atoms with Gasteiger partial charge >= 0.3 is 0 Å². The molecule has 2 rings (SSSR count). The van der Waals surface area contributed by atoms with E-state index in [9.17, 15) is 0 Å². The maximum Gasteiger partial charge on any atom is 0.123 e. The molecule has 0 saturated carbocycles. The summed E-state index contributed by atoms with van der Waals surface area (Å²) in [5.41, 5.74) is 2.40. The number of nitrogens with one attached hydrogen (secondary N) is 1. The van der Waals surface area contributed by atoms with E-state index in [0.717, 1.165) is 25.3 Å². The van der Waals surface area contributed by atoms with Gasteiger partial charge in [0.05, 0.1) is 17.8 Å². The lowest BCUT2D eigenvalue weighted by molar-refractivity contribution is 0.408. The highest BCUT2D eigenvalue weighted by Crippen LogP contribution is 2.18. The summed E-state index contributed by atoms with van der Waals surface area (Å²) in [4.78, 5) is 4.64. The highest BCUT2D eigenvalue weighted by molar-refractivity contribution is 7.09. The van der Waals surface area contributed by atoms with Crippen LogP contribution >= 0.6 is 11.3 Å². The van der Waals surface area contributed by atoms with Gasteiger partial charge < -0.3 is 10.1 Å². The van der Waals surface area contributed by atoms with E-state index in [2.05, 4.69) is 35.6 Å². The normalized spacial score (nSPS) is 11.0. The average molecular weight is 290 g/mol. The summed E-state index contributed by atoms with van der Waals surface area (Å²) >= 11 is 1.76. The standard InChI is InChI=1S/C16H22N2OS/c1-12(2)14-11-20-16(18-14)8-9-17-10-13-6-4-5-7-15(13)19-3/h4-7,11-12,17H,8-10H2,1-3H3. The molecule has 4 heteroatoms. The van der Waals surface area contributed by atoms with Crippen molar-refractivity contribution in [2.24, 2.45) is 0 Å². The molecule has 108 valence electrons. The lowest BCUT2D eigenvalue weighted by Gasteiger charge is -2.08. The first-order valence-electron chi connectivity index (χ1n) is 6.97. The predicted molar refractivity (Wildman–Crippen MR) is 84.6 cm³/mol. The van der Waals surface area contributed by atoms with Crippen molar-refractivity contribution in [3.63, 3.8) is 0 Å². The fourth-order valence-electron chi connectivity index (χ4n) is 1.97. The van der Waals surface area contributed by atoms with Gasteiger partial charge in [-0.15, -0.1) is 11.3 Å². The molecule has 0 bridgehead atoms. The van der Waals surface area contributed by atoms with Crippen LogP contribution in [0.25, 0.3) is 0 Å². The summed E-state index contributed by atoms with van der Waals surface area (Å²) in [6.07, 6.45) is 0.979. The van der Waals surface area contributed by atoms with Crippen molar-refractivity contribution in [3.8, 4) is 5.75 Å². The molecule has 1 aromatic carbocycles. The maximum absolute atomic E-state index is 5.34. The third kappa shape index (κ3) is 4.05. The molecule has 3 nitrogen and oxygen atoms in total. The van der Waals surface area contributed by atoms with Crippen molar-refractivity contribution < 1.29 is 4.74 Å². The first kappa shape index (κ1) is 15.0. The van der Waals surface area contributed by atoms with Gasteiger partial charge in [-0.05, 0) is 12.0 Å². The number of hydrogen-bond donors (Lipinski definition) is 1. The zero-order valence-electron chi connectivity index (χ0n) is 12.3. The molecule has 0 unspecified atom stereocenters. The van der Waals surface area contributed by atoms with E-state index < -0.39 is 0 Å². The number of thiazole rings is 1. The highest BCUT2D eigenvalue weighted by atomic mass is 32.1. The molecule has 0 saturated heterocycles. The van der Waals surface area contributed by atoms with E-state index in [0.29, 0.717) is 5.92 Å². The zero-order chi connectivity index (χ0) is 14.4. The van der Waals surface area contributed by atoms with Crippen LogP contribution in [0.1, 0.15) is 36.0 Å². The third-order valence-electron chi connectivity index (χ3n) is 3.18. The molecule has 20 heavy (non-hydrogen) atoms. The summed E-state index contributed by atoms with van der Waals surface area (Å²) < 4.78 is 5.34. The van der Waals surface area contributed by atoms with Crippen molar-refractivity contribution >= 4 is 11.3 Å². The van der Waals surface area contributed by atoms with Gasteiger partial charge in [-0.25, -0.2) is 4.98 Å². The maximum atomic E-state index is 5.34. The number of methoxy groups -OCH3 is 1. The Labute approximate surface area is 125 Å². The fraction of sp³-hybridized carbons (Fsp3) is 0.438. The van der Waals surface area contributed by atoms with E-state index in [1.807, 2.05) is 18.2 Å². The lowest BCUT2D eigenvalue weighted by atomic mass is 10.2. The molecule has 0 aliphatic heterocycles. The van der Waals surface area contributed by atoms with E-state index in [1.54, 1.807) is 18.4 Å². The van der Waals surface area contributed by atoms with Gasteiger partial charge in [0.25, 0.3) is 0 Å². The second-order valence-corrected chi connectivity index (χ2v) is 6.00. The smallest absolute Gasteiger partial charge is 0.123 e. The zero-order valence-corrected chi connectivity index (χ0v) is 13.2. The molecule has 1 heterocycles. The SMILES string of the molecule is COc1ccccc1CNCCc1nc(C(C)C)cs1. The molecule has 0 aliphatic carbocycles. The van der Waals surface area contributed by atoms with Crippen molar-refractivity contribution in [2.45, 2.75) is 32.7 Å². The Bertz CT molecular complexity index is 537. The Balaban J connectivity index is 1.78. The van der Waals surface area contributed by atoms with Crippen LogP contribution < -0.4 is 10.1 Å². The van der Waals surface area contributed by atoms with Gasteiger partial charge in [0.1, 0.15) is 5.75 Å². The Morgan fingerprint density at radius 3 is 2.80 bits per heavy atom. The van der Waals surface area contributed by atoms with E-state index >= 15 is 0 Å². The molecular weight excluding hydrogens is 268 g/mol. The van der Waals surface area contributed by atoms with Crippen LogP contribution in [0, 0.1) is 0 Å². The minimum atomic E-state index is 0.515. The summed E-state index contributed by atoms with van der Waals surface area (Å²) in [6, 6.07) is 8.11. The van der Waals surface area contributed by atoms with Gasteiger partial charge in [0.2, 0.25) is 0 Å². The van der Waals surface area contributed by atoms with E-state index in [-0.39, 0.29) is 0 Å². The fourth-order valence-corrected chi connectivity index (χ4v) is 2.93. The lowest BCUT2D eigenvalue weighted by Crippen LogP contribution is -2.17. The number of para-hydroxylation sites is 1. The average Bonchev–Trinajstić information content (AvgIpc) is 2.93. The molecule has 0 aliphatic rings. The van der Waals surface area contributed by atoms with Gasteiger partial charge in [-0.2, -0.15) is 0 Å². The number of nitrogens with zero attached hydrogens (tertiary/aromatic N) is 1. The minimum Gasteiger partial charge on any atom is -0.496 e. The van der Waals surface area contributed by atoms with Crippen LogP contribution in [-0.2, 0) is 13.0 Å².